The zero-order chi connectivity index (χ0) is 17.2. The molecule has 1 aliphatic rings. The molecule has 0 bridgehead atoms. The second-order valence-corrected chi connectivity index (χ2v) is 7.75. The molecule has 2 heterocycles. The quantitative estimate of drug-likeness (QED) is 0.916. The molecule has 0 atom stereocenters. The Balaban J connectivity index is 1.76. The molecule has 7 heteroatoms. The smallest absolute Gasteiger partial charge is 0.267 e. The van der Waals surface area contributed by atoms with E-state index in [2.05, 4.69) is 5.32 Å². The molecule has 0 radical (unpaired) electrons. The van der Waals surface area contributed by atoms with Crippen LogP contribution in [0.15, 0.2) is 47.6 Å². The number of nitrogens with zero attached hydrogens (tertiary/aromatic N) is 1. The largest absolute Gasteiger partial charge is 0.381 e. The van der Waals surface area contributed by atoms with Gasteiger partial charge in [-0.15, -0.1) is 0 Å². The number of benzene rings is 1. The van der Waals surface area contributed by atoms with Gasteiger partial charge in [0, 0.05) is 31.6 Å². The van der Waals surface area contributed by atoms with E-state index in [0.717, 1.165) is 22.4 Å². The molecule has 2 aromatic rings. The topological polar surface area (TPSA) is 77.4 Å². The van der Waals surface area contributed by atoms with Crippen LogP contribution in [0.3, 0.4) is 0 Å². The van der Waals surface area contributed by atoms with E-state index in [1.807, 2.05) is 6.92 Å². The first-order valence-corrected chi connectivity index (χ1v) is 9.30. The average molecular weight is 348 g/mol. The highest BCUT2D eigenvalue weighted by molar-refractivity contribution is 7.90. The SMILES string of the molecule is Cc1ccc(S(=O)(=O)n2ccc(C(=O)NC3CCOCC3)c2)cc1. The van der Waals surface area contributed by atoms with E-state index in [9.17, 15) is 13.2 Å². The molecule has 1 aromatic carbocycles. The molecule has 6 nitrogen and oxygen atoms in total. The number of carbonyl (C=O) groups excluding carboxylic acids is 1. The molecule has 24 heavy (non-hydrogen) atoms. The zero-order valence-electron chi connectivity index (χ0n) is 13.4. The molecule has 1 aromatic heterocycles. The minimum atomic E-state index is -3.68. The summed E-state index contributed by atoms with van der Waals surface area (Å²) in [6.45, 7) is 3.16. The summed E-state index contributed by atoms with van der Waals surface area (Å²) in [6, 6.07) is 8.20. The molecule has 1 fully saturated rings. The van der Waals surface area contributed by atoms with E-state index in [-0.39, 0.29) is 16.8 Å². The highest BCUT2D eigenvalue weighted by atomic mass is 32.2. The van der Waals surface area contributed by atoms with Gasteiger partial charge < -0.3 is 10.1 Å². The number of rotatable bonds is 4. The third-order valence-electron chi connectivity index (χ3n) is 4.08. The Morgan fingerprint density at radius 2 is 1.83 bits per heavy atom. The zero-order valence-corrected chi connectivity index (χ0v) is 14.3. The van der Waals surface area contributed by atoms with Crippen LogP contribution in [0.2, 0.25) is 0 Å². The van der Waals surface area contributed by atoms with Crippen LogP contribution in [0.5, 0.6) is 0 Å². The normalized spacial score (nSPS) is 16.0. The van der Waals surface area contributed by atoms with Gasteiger partial charge in [-0.2, -0.15) is 0 Å². The molecule has 1 amide bonds. The van der Waals surface area contributed by atoms with E-state index in [4.69, 9.17) is 4.74 Å². The summed E-state index contributed by atoms with van der Waals surface area (Å²) in [6.07, 6.45) is 4.29. The lowest BCUT2D eigenvalue weighted by Crippen LogP contribution is -2.38. The maximum absolute atomic E-state index is 12.6. The maximum atomic E-state index is 12.6. The third kappa shape index (κ3) is 3.52. The Labute approximate surface area is 141 Å². The summed E-state index contributed by atoms with van der Waals surface area (Å²) >= 11 is 0. The van der Waals surface area contributed by atoms with E-state index in [1.54, 1.807) is 24.3 Å². The average Bonchev–Trinajstić information content (AvgIpc) is 3.07. The van der Waals surface area contributed by atoms with Gasteiger partial charge in [-0.3, -0.25) is 4.79 Å². The van der Waals surface area contributed by atoms with Gasteiger partial charge in [0.15, 0.2) is 0 Å². The number of nitrogens with one attached hydrogen (secondary N) is 1. The van der Waals surface area contributed by atoms with Crippen LogP contribution in [0, 0.1) is 6.92 Å². The van der Waals surface area contributed by atoms with Crippen molar-refractivity contribution in [2.45, 2.75) is 30.7 Å². The van der Waals surface area contributed by atoms with Crippen molar-refractivity contribution >= 4 is 15.9 Å². The predicted molar refractivity (Wildman–Crippen MR) is 89.5 cm³/mol. The molecular formula is C17H20N2O4S. The molecule has 1 saturated heterocycles. The predicted octanol–water partition coefficient (Wildman–Crippen LogP) is 1.94. The fraction of sp³-hybridized carbons (Fsp3) is 0.353. The van der Waals surface area contributed by atoms with Crippen LogP contribution in [-0.4, -0.2) is 37.6 Å². The van der Waals surface area contributed by atoms with E-state index in [1.165, 1.54) is 18.5 Å². The summed E-state index contributed by atoms with van der Waals surface area (Å²) in [4.78, 5) is 12.5. The minimum Gasteiger partial charge on any atom is -0.381 e. The Kier molecular flexibility index (Phi) is 4.73. The van der Waals surface area contributed by atoms with E-state index >= 15 is 0 Å². The molecule has 0 saturated carbocycles. The van der Waals surface area contributed by atoms with Gasteiger partial charge in [-0.05, 0) is 38.0 Å². The summed E-state index contributed by atoms with van der Waals surface area (Å²) in [5, 5.41) is 2.92. The number of aromatic nitrogens is 1. The first kappa shape index (κ1) is 16.7. The fourth-order valence-electron chi connectivity index (χ4n) is 2.60. The lowest BCUT2D eigenvalue weighted by molar-refractivity contribution is 0.0696. The highest BCUT2D eigenvalue weighted by Gasteiger charge is 2.20. The fourth-order valence-corrected chi connectivity index (χ4v) is 3.80. The second-order valence-electron chi connectivity index (χ2n) is 5.91. The van der Waals surface area contributed by atoms with Gasteiger partial charge in [0.05, 0.1) is 10.5 Å². The number of hydrogen-bond acceptors (Lipinski definition) is 4. The highest BCUT2D eigenvalue weighted by Crippen LogP contribution is 2.16. The summed E-state index contributed by atoms with van der Waals surface area (Å²) < 4.78 is 31.5. The standard InChI is InChI=1S/C17H20N2O4S/c1-13-2-4-16(5-3-13)24(21,22)19-9-6-14(12-19)17(20)18-15-7-10-23-11-8-15/h2-6,9,12,15H,7-8,10-11H2,1H3,(H,18,20). The Morgan fingerprint density at radius 1 is 1.17 bits per heavy atom. The van der Waals surface area contributed by atoms with Gasteiger partial charge in [-0.1, -0.05) is 17.7 Å². The maximum Gasteiger partial charge on any atom is 0.267 e. The van der Waals surface area contributed by atoms with Crippen molar-refractivity contribution in [3.05, 3.63) is 53.9 Å². The number of hydrogen-bond donors (Lipinski definition) is 1. The summed E-state index contributed by atoms with van der Waals surface area (Å²) in [5.74, 6) is -0.264. The van der Waals surface area contributed by atoms with Gasteiger partial charge in [0.1, 0.15) is 0 Å². The monoisotopic (exact) mass is 348 g/mol. The van der Waals surface area contributed by atoms with Crippen LogP contribution in [0.25, 0.3) is 0 Å². The van der Waals surface area contributed by atoms with Gasteiger partial charge in [0.25, 0.3) is 15.9 Å². The number of carbonyl (C=O) groups is 1. The number of aryl methyl sites for hydroxylation is 1. The van der Waals surface area contributed by atoms with Crippen LogP contribution < -0.4 is 5.32 Å². The van der Waals surface area contributed by atoms with Crippen molar-refractivity contribution in [3.8, 4) is 0 Å². The first-order valence-electron chi connectivity index (χ1n) is 7.86. The van der Waals surface area contributed by atoms with Crippen molar-refractivity contribution in [2.24, 2.45) is 0 Å². The molecular weight excluding hydrogens is 328 g/mol. The van der Waals surface area contributed by atoms with Crippen molar-refractivity contribution in [2.75, 3.05) is 13.2 Å². The minimum absolute atomic E-state index is 0.0725. The summed E-state index contributed by atoms with van der Waals surface area (Å²) in [7, 11) is -3.68. The molecule has 3 rings (SSSR count). The van der Waals surface area contributed by atoms with Crippen LogP contribution >= 0.6 is 0 Å². The van der Waals surface area contributed by atoms with Crippen molar-refractivity contribution in [3.63, 3.8) is 0 Å². The molecule has 128 valence electrons. The van der Waals surface area contributed by atoms with E-state index in [0.29, 0.717) is 18.8 Å². The third-order valence-corrected chi connectivity index (χ3v) is 5.73. The van der Waals surface area contributed by atoms with Crippen LogP contribution in [0.4, 0.5) is 0 Å². The molecule has 1 aliphatic heterocycles. The molecule has 1 N–H and O–H groups in total. The lowest BCUT2D eigenvalue weighted by Gasteiger charge is -2.22. The van der Waals surface area contributed by atoms with Crippen molar-refractivity contribution in [1.82, 2.24) is 9.29 Å². The molecule has 0 spiro atoms. The first-order chi connectivity index (χ1) is 11.5. The lowest BCUT2D eigenvalue weighted by atomic mass is 10.1. The summed E-state index contributed by atoms with van der Waals surface area (Å²) in [5.41, 5.74) is 1.31. The van der Waals surface area contributed by atoms with Crippen LogP contribution in [0.1, 0.15) is 28.8 Å². The Morgan fingerprint density at radius 3 is 2.50 bits per heavy atom. The second kappa shape index (κ2) is 6.78. The van der Waals surface area contributed by atoms with Crippen molar-refractivity contribution < 1.29 is 17.9 Å². The molecule has 0 unspecified atom stereocenters. The Bertz CT molecular complexity index is 819. The van der Waals surface area contributed by atoms with Crippen LogP contribution in [-0.2, 0) is 14.8 Å². The van der Waals surface area contributed by atoms with Gasteiger partial charge in [0.2, 0.25) is 0 Å². The van der Waals surface area contributed by atoms with E-state index < -0.39 is 10.0 Å². The molecule has 0 aliphatic carbocycles. The van der Waals surface area contributed by atoms with Gasteiger partial charge in [-0.25, -0.2) is 12.4 Å². The number of amides is 1. The van der Waals surface area contributed by atoms with Crippen molar-refractivity contribution in [1.29, 1.82) is 0 Å². The van der Waals surface area contributed by atoms with Gasteiger partial charge >= 0.3 is 0 Å². The number of ether oxygens (including phenoxy) is 1. The Hall–Kier alpha value is -2.12.